The third kappa shape index (κ3) is 2.65. The zero-order valence-corrected chi connectivity index (χ0v) is 12.7. The molecule has 3 aromatic rings. The molecule has 3 nitrogen and oxygen atoms in total. The Bertz CT molecular complexity index is 750. The van der Waals surface area contributed by atoms with Crippen LogP contribution in [0.25, 0.3) is 10.9 Å². The molecular formula is C16H14BrN3. The van der Waals surface area contributed by atoms with Gasteiger partial charge in [-0.25, -0.2) is 4.98 Å². The highest BCUT2D eigenvalue weighted by molar-refractivity contribution is 9.10. The number of anilines is 1. The van der Waals surface area contributed by atoms with Crippen LogP contribution in [0.15, 0.2) is 53.4 Å². The van der Waals surface area contributed by atoms with E-state index in [1.807, 2.05) is 25.4 Å². The molecule has 0 aliphatic heterocycles. The molecule has 0 unspecified atom stereocenters. The first-order valence-electron chi connectivity index (χ1n) is 6.43. The highest BCUT2D eigenvalue weighted by atomic mass is 79.9. The first-order chi connectivity index (χ1) is 9.74. The topological polar surface area (TPSA) is 37.8 Å². The van der Waals surface area contributed by atoms with Crippen molar-refractivity contribution >= 4 is 32.5 Å². The van der Waals surface area contributed by atoms with Crippen molar-refractivity contribution in [2.24, 2.45) is 0 Å². The second kappa shape index (κ2) is 5.59. The fourth-order valence-corrected chi connectivity index (χ4v) is 2.38. The molecule has 1 aromatic carbocycles. The second-order valence-electron chi connectivity index (χ2n) is 4.68. The number of fused-ring (bicyclic) bond motifs is 1. The summed E-state index contributed by atoms with van der Waals surface area (Å²) >= 11 is 3.41. The number of pyridine rings is 2. The summed E-state index contributed by atoms with van der Waals surface area (Å²) in [4.78, 5) is 8.75. The molecule has 0 saturated heterocycles. The van der Waals surface area contributed by atoms with Crippen molar-refractivity contribution in [1.82, 2.24) is 9.97 Å². The molecule has 4 heteroatoms. The van der Waals surface area contributed by atoms with Crippen LogP contribution in [0.1, 0.15) is 11.1 Å². The zero-order valence-electron chi connectivity index (χ0n) is 11.1. The Balaban J connectivity index is 1.85. The van der Waals surface area contributed by atoms with E-state index >= 15 is 0 Å². The fraction of sp³-hybridized carbons (Fsp3) is 0.125. The lowest BCUT2D eigenvalue weighted by atomic mass is 10.1. The lowest BCUT2D eigenvalue weighted by molar-refractivity contribution is 1.12. The molecule has 20 heavy (non-hydrogen) atoms. The van der Waals surface area contributed by atoms with Gasteiger partial charge in [-0.15, -0.1) is 0 Å². The van der Waals surface area contributed by atoms with E-state index in [0.717, 1.165) is 33.3 Å². The molecule has 0 amide bonds. The van der Waals surface area contributed by atoms with Crippen molar-refractivity contribution < 1.29 is 0 Å². The summed E-state index contributed by atoms with van der Waals surface area (Å²) in [6.07, 6.45) is 3.66. The highest BCUT2D eigenvalue weighted by Crippen LogP contribution is 2.20. The molecule has 0 saturated carbocycles. The number of aromatic nitrogens is 2. The van der Waals surface area contributed by atoms with Crippen molar-refractivity contribution in [3.8, 4) is 0 Å². The van der Waals surface area contributed by atoms with E-state index in [1.54, 1.807) is 0 Å². The number of hydrogen-bond donors (Lipinski definition) is 1. The predicted molar refractivity (Wildman–Crippen MR) is 85.7 cm³/mol. The van der Waals surface area contributed by atoms with E-state index in [0.29, 0.717) is 0 Å². The summed E-state index contributed by atoms with van der Waals surface area (Å²) in [6.45, 7) is 2.76. The SMILES string of the molecule is Cc1cc(NCc2cccc3cccnc23)cnc1Br. The molecule has 0 aliphatic carbocycles. The number of para-hydroxylation sites is 1. The monoisotopic (exact) mass is 327 g/mol. The normalized spacial score (nSPS) is 10.7. The molecule has 0 aliphatic rings. The summed E-state index contributed by atoms with van der Waals surface area (Å²) in [5.41, 5.74) is 4.36. The van der Waals surface area contributed by atoms with Crippen molar-refractivity contribution in [2.75, 3.05) is 5.32 Å². The molecule has 0 fully saturated rings. The molecule has 2 aromatic heterocycles. The number of hydrogen-bond acceptors (Lipinski definition) is 3. The van der Waals surface area contributed by atoms with E-state index in [2.05, 4.69) is 61.5 Å². The smallest absolute Gasteiger partial charge is 0.109 e. The minimum Gasteiger partial charge on any atom is -0.380 e. The number of benzene rings is 1. The van der Waals surface area contributed by atoms with Crippen molar-refractivity contribution in [2.45, 2.75) is 13.5 Å². The minimum atomic E-state index is 0.733. The summed E-state index contributed by atoms with van der Waals surface area (Å²) < 4.78 is 0.884. The summed E-state index contributed by atoms with van der Waals surface area (Å²) in [5, 5.41) is 4.56. The van der Waals surface area contributed by atoms with E-state index in [9.17, 15) is 0 Å². The quantitative estimate of drug-likeness (QED) is 0.728. The van der Waals surface area contributed by atoms with Crippen LogP contribution in [0.2, 0.25) is 0 Å². The van der Waals surface area contributed by atoms with E-state index in [4.69, 9.17) is 0 Å². The summed E-state index contributed by atoms with van der Waals surface area (Å²) in [6, 6.07) is 12.4. The van der Waals surface area contributed by atoms with Gasteiger partial charge >= 0.3 is 0 Å². The van der Waals surface area contributed by atoms with Gasteiger partial charge in [-0.2, -0.15) is 0 Å². The van der Waals surface area contributed by atoms with Crippen LogP contribution >= 0.6 is 15.9 Å². The second-order valence-corrected chi connectivity index (χ2v) is 5.43. The maximum Gasteiger partial charge on any atom is 0.109 e. The molecule has 100 valence electrons. The number of nitrogens with zero attached hydrogens (tertiary/aromatic N) is 2. The average Bonchev–Trinajstić information content (AvgIpc) is 2.48. The van der Waals surface area contributed by atoms with Gasteiger partial charge in [0, 0.05) is 18.1 Å². The molecule has 0 bridgehead atoms. The summed E-state index contributed by atoms with van der Waals surface area (Å²) in [5.74, 6) is 0. The van der Waals surface area contributed by atoms with Gasteiger partial charge in [-0.3, -0.25) is 4.98 Å². The Morgan fingerprint density at radius 2 is 2.00 bits per heavy atom. The van der Waals surface area contributed by atoms with Crippen molar-refractivity contribution in [1.29, 1.82) is 0 Å². The number of nitrogens with one attached hydrogen (secondary N) is 1. The molecular weight excluding hydrogens is 314 g/mol. The van der Waals surface area contributed by atoms with Gasteiger partial charge in [0.2, 0.25) is 0 Å². The van der Waals surface area contributed by atoms with E-state index in [-0.39, 0.29) is 0 Å². The largest absolute Gasteiger partial charge is 0.380 e. The van der Waals surface area contributed by atoms with Crippen LogP contribution in [0.5, 0.6) is 0 Å². The lowest BCUT2D eigenvalue weighted by Crippen LogP contribution is -2.01. The molecule has 0 atom stereocenters. The molecule has 0 spiro atoms. The zero-order chi connectivity index (χ0) is 13.9. The standard InChI is InChI=1S/C16H14BrN3/c1-11-8-14(10-20-16(11)17)19-9-13-5-2-4-12-6-3-7-18-15(12)13/h2-8,10,19H,9H2,1H3. The third-order valence-electron chi connectivity index (χ3n) is 3.21. The van der Waals surface area contributed by atoms with Crippen LogP contribution in [-0.2, 0) is 6.54 Å². The van der Waals surface area contributed by atoms with Gasteiger partial charge in [-0.05, 0) is 46.1 Å². The van der Waals surface area contributed by atoms with Crippen LogP contribution in [0.3, 0.4) is 0 Å². The van der Waals surface area contributed by atoms with Crippen molar-refractivity contribution in [3.05, 3.63) is 64.5 Å². The number of halogens is 1. The Labute approximate surface area is 126 Å². The highest BCUT2D eigenvalue weighted by Gasteiger charge is 2.03. The average molecular weight is 328 g/mol. The van der Waals surface area contributed by atoms with Gasteiger partial charge in [0.1, 0.15) is 4.60 Å². The Kier molecular flexibility index (Phi) is 3.65. The summed E-state index contributed by atoms with van der Waals surface area (Å²) in [7, 11) is 0. The molecule has 0 radical (unpaired) electrons. The van der Waals surface area contributed by atoms with E-state index in [1.165, 1.54) is 5.56 Å². The van der Waals surface area contributed by atoms with Crippen LogP contribution in [0, 0.1) is 6.92 Å². The third-order valence-corrected chi connectivity index (χ3v) is 4.04. The predicted octanol–water partition coefficient (Wildman–Crippen LogP) is 4.31. The maximum atomic E-state index is 4.46. The van der Waals surface area contributed by atoms with Crippen molar-refractivity contribution in [3.63, 3.8) is 0 Å². The van der Waals surface area contributed by atoms with Gasteiger partial charge in [0.25, 0.3) is 0 Å². The maximum absolute atomic E-state index is 4.46. The lowest BCUT2D eigenvalue weighted by Gasteiger charge is -2.09. The Morgan fingerprint density at radius 3 is 2.85 bits per heavy atom. The van der Waals surface area contributed by atoms with E-state index < -0.39 is 0 Å². The molecule has 2 heterocycles. The van der Waals surface area contributed by atoms with Gasteiger partial charge in [0.15, 0.2) is 0 Å². The first-order valence-corrected chi connectivity index (χ1v) is 7.22. The Morgan fingerprint density at radius 1 is 1.15 bits per heavy atom. The van der Waals surface area contributed by atoms with Gasteiger partial charge < -0.3 is 5.32 Å². The van der Waals surface area contributed by atoms with Crippen LogP contribution in [-0.4, -0.2) is 9.97 Å². The fourth-order valence-electron chi connectivity index (χ4n) is 2.16. The first kappa shape index (κ1) is 13.1. The van der Waals surface area contributed by atoms with Crippen LogP contribution < -0.4 is 5.32 Å². The van der Waals surface area contributed by atoms with Gasteiger partial charge in [-0.1, -0.05) is 24.3 Å². The number of rotatable bonds is 3. The molecule has 3 rings (SSSR count). The Hall–Kier alpha value is -1.94. The molecule has 1 N–H and O–H groups in total. The van der Waals surface area contributed by atoms with Crippen LogP contribution in [0.4, 0.5) is 5.69 Å². The van der Waals surface area contributed by atoms with Gasteiger partial charge in [0.05, 0.1) is 17.4 Å². The minimum absolute atomic E-state index is 0.733. The number of aryl methyl sites for hydroxylation is 1.